The van der Waals surface area contributed by atoms with Crippen LogP contribution >= 0.6 is 11.8 Å². The Labute approximate surface area is 205 Å². The lowest BCUT2D eigenvalue weighted by molar-refractivity contribution is -0.160. The fourth-order valence-electron chi connectivity index (χ4n) is 4.17. The van der Waals surface area contributed by atoms with Gasteiger partial charge < -0.3 is 9.52 Å². The highest BCUT2D eigenvalue weighted by molar-refractivity contribution is 8.00. The molecule has 1 N–H and O–H groups in total. The summed E-state index contributed by atoms with van der Waals surface area (Å²) in [6.07, 6.45) is 0.303. The number of fused-ring (bicyclic) bond motifs is 1. The molecule has 1 unspecified atom stereocenters. The van der Waals surface area contributed by atoms with E-state index in [1.165, 1.54) is 12.2 Å². The van der Waals surface area contributed by atoms with Crippen molar-refractivity contribution >= 4 is 34.4 Å². The Balaban J connectivity index is 1.58. The molecule has 1 aromatic heterocycles. The summed E-state index contributed by atoms with van der Waals surface area (Å²) < 4.78 is 44.6. The van der Waals surface area contributed by atoms with Crippen molar-refractivity contribution in [3.8, 4) is 0 Å². The number of aromatic nitrogens is 1. The van der Waals surface area contributed by atoms with E-state index in [0.717, 1.165) is 27.7 Å². The third-order valence-electron chi connectivity index (χ3n) is 6.13. The average molecular weight is 502 g/mol. The van der Waals surface area contributed by atoms with Crippen LogP contribution in [0.4, 0.5) is 13.2 Å². The summed E-state index contributed by atoms with van der Waals surface area (Å²) in [5, 5.41) is 8.94. The zero-order valence-electron chi connectivity index (χ0n) is 19.6. The molecule has 1 aliphatic carbocycles. The SMILES string of the molecule is Cc1cc(SC(C)(C)c2cccc3nc(C4=CCC(C(F)(F)F)C=C4)oc23)ccc1CCC(=O)O. The molecule has 4 rings (SSSR count). The number of thioether (sulfide) groups is 1. The molecule has 35 heavy (non-hydrogen) atoms. The van der Waals surface area contributed by atoms with Gasteiger partial charge in [-0.05, 0) is 62.9 Å². The van der Waals surface area contributed by atoms with Gasteiger partial charge in [-0.25, -0.2) is 4.98 Å². The average Bonchev–Trinajstić information content (AvgIpc) is 3.22. The number of oxazole rings is 1. The van der Waals surface area contributed by atoms with Gasteiger partial charge in [0.1, 0.15) is 5.52 Å². The number of para-hydroxylation sites is 1. The van der Waals surface area contributed by atoms with Crippen molar-refractivity contribution in [3.63, 3.8) is 0 Å². The number of rotatable bonds is 7. The highest BCUT2D eigenvalue weighted by atomic mass is 32.2. The van der Waals surface area contributed by atoms with Gasteiger partial charge in [-0.2, -0.15) is 13.2 Å². The number of halogens is 3. The minimum Gasteiger partial charge on any atom is -0.481 e. The lowest BCUT2D eigenvalue weighted by Crippen LogP contribution is -2.21. The predicted octanol–water partition coefficient (Wildman–Crippen LogP) is 7.70. The molecule has 2 aromatic carbocycles. The van der Waals surface area contributed by atoms with E-state index in [9.17, 15) is 18.0 Å². The molecule has 1 heterocycles. The number of carboxylic acid groups (broad SMARTS) is 1. The van der Waals surface area contributed by atoms with Gasteiger partial charge in [0.05, 0.1) is 5.92 Å². The lowest BCUT2D eigenvalue weighted by Gasteiger charge is -2.25. The fourth-order valence-corrected chi connectivity index (χ4v) is 5.40. The zero-order chi connectivity index (χ0) is 25.4. The first-order valence-corrected chi connectivity index (χ1v) is 12.1. The minimum absolute atomic E-state index is 0.0944. The van der Waals surface area contributed by atoms with Gasteiger partial charge in [-0.1, -0.05) is 36.4 Å². The summed E-state index contributed by atoms with van der Waals surface area (Å²) in [5.74, 6) is -1.99. The maximum atomic E-state index is 13.0. The Morgan fingerprint density at radius 1 is 1.23 bits per heavy atom. The summed E-state index contributed by atoms with van der Waals surface area (Å²) in [6.45, 7) is 6.14. The van der Waals surface area contributed by atoms with Crippen LogP contribution < -0.4 is 0 Å². The van der Waals surface area contributed by atoms with Gasteiger partial charge in [-0.3, -0.25) is 4.79 Å². The molecule has 1 atom stereocenters. The summed E-state index contributed by atoms with van der Waals surface area (Å²) in [4.78, 5) is 16.5. The van der Waals surface area contributed by atoms with Crippen LogP contribution in [0.1, 0.15) is 49.3 Å². The number of benzene rings is 2. The first-order valence-electron chi connectivity index (χ1n) is 11.3. The number of alkyl halides is 3. The molecule has 4 nitrogen and oxygen atoms in total. The number of hydrogen-bond donors (Lipinski definition) is 1. The third-order valence-corrected chi connectivity index (χ3v) is 7.35. The zero-order valence-corrected chi connectivity index (χ0v) is 20.5. The van der Waals surface area contributed by atoms with Crippen LogP contribution in [0.3, 0.4) is 0 Å². The molecule has 0 fully saturated rings. The Kier molecular flexibility index (Phi) is 6.86. The molecule has 0 radical (unpaired) electrons. The number of aliphatic carboxylic acids is 1. The number of aryl methyl sites for hydroxylation is 2. The molecule has 0 amide bonds. The van der Waals surface area contributed by atoms with E-state index >= 15 is 0 Å². The third kappa shape index (κ3) is 5.64. The quantitative estimate of drug-likeness (QED) is 0.336. The molecule has 3 aromatic rings. The molecule has 0 bridgehead atoms. The lowest BCUT2D eigenvalue weighted by atomic mass is 9.96. The maximum absolute atomic E-state index is 13.0. The maximum Gasteiger partial charge on any atom is 0.395 e. The number of carbonyl (C=O) groups is 1. The van der Waals surface area contributed by atoms with E-state index in [0.29, 0.717) is 29.0 Å². The monoisotopic (exact) mass is 501 g/mol. The second-order valence-corrected chi connectivity index (χ2v) is 10.9. The fraction of sp³-hybridized carbons (Fsp3) is 0.333. The van der Waals surface area contributed by atoms with E-state index in [-0.39, 0.29) is 12.8 Å². The van der Waals surface area contributed by atoms with Crippen molar-refractivity contribution < 1.29 is 27.5 Å². The Morgan fingerprint density at radius 2 is 2.00 bits per heavy atom. The number of allylic oxidation sites excluding steroid dienone is 4. The van der Waals surface area contributed by atoms with Crippen molar-refractivity contribution in [2.45, 2.75) is 55.9 Å². The summed E-state index contributed by atoms with van der Waals surface area (Å²) in [5.41, 5.74) is 4.80. The van der Waals surface area contributed by atoms with Gasteiger partial charge in [0, 0.05) is 27.2 Å². The second-order valence-electron chi connectivity index (χ2n) is 9.17. The highest BCUT2D eigenvalue weighted by Crippen LogP contribution is 2.44. The van der Waals surface area contributed by atoms with Gasteiger partial charge in [0.15, 0.2) is 5.58 Å². The topological polar surface area (TPSA) is 63.3 Å². The van der Waals surface area contributed by atoms with Crippen molar-refractivity contribution in [1.29, 1.82) is 0 Å². The van der Waals surface area contributed by atoms with Crippen molar-refractivity contribution in [3.05, 3.63) is 77.2 Å². The molecule has 0 saturated carbocycles. The second kappa shape index (κ2) is 9.57. The molecular weight excluding hydrogens is 475 g/mol. The van der Waals surface area contributed by atoms with E-state index < -0.39 is 22.8 Å². The molecule has 8 heteroatoms. The molecule has 184 valence electrons. The van der Waals surface area contributed by atoms with E-state index in [1.807, 2.05) is 37.3 Å². The standard InChI is InChI=1S/C27H26F3NO3S/c1-16-15-20(13-9-17(16)10-14-23(32)33)35-26(2,3)21-5-4-6-22-24(21)34-25(31-22)18-7-11-19(12-8-18)27(28,29)30/h4-9,11,13,15,19H,10,12,14H2,1-3H3,(H,32,33). The highest BCUT2D eigenvalue weighted by Gasteiger charge is 2.38. The van der Waals surface area contributed by atoms with Crippen LogP contribution in [0.2, 0.25) is 0 Å². The predicted molar refractivity (Wildman–Crippen MR) is 131 cm³/mol. The number of hydrogen-bond acceptors (Lipinski definition) is 4. The first kappa shape index (κ1) is 25.1. The van der Waals surface area contributed by atoms with E-state index in [2.05, 4.69) is 24.9 Å². The largest absolute Gasteiger partial charge is 0.481 e. The Bertz CT molecular complexity index is 1320. The van der Waals surface area contributed by atoms with Crippen molar-refractivity contribution in [2.75, 3.05) is 0 Å². The Hall–Kier alpha value is -3.00. The molecule has 0 aliphatic heterocycles. The van der Waals surface area contributed by atoms with Gasteiger partial charge >= 0.3 is 12.1 Å². The molecule has 0 spiro atoms. The minimum atomic E-state index is -4.26. The Morgan fingerprint density at radius 3 is 2.63 bits per heavy atom. The number of nitrogens with zero attached hydrogens (tertiary/aromatic N) is 1. The summed E-state index contributed by atoms with van der Waals surface area (Å²) in [6, 6.07) is 11.7. The van der Waals surface area contributed by atoms with Crippen LogP contribution in [-0.4, -0.2) is 22.2 Å². The van der Waals surface area contributed by atoms with Crippen LogP contribution in [0, 0.1) is 12.8 Å². The molecule has 1 aliphatic rings. The van der Waals surface area contributed by atoms with E-state index in [1.54, 1.807) is 11.8 Å². The van der Waals surface area contributed by atoms with Crippen LogP contribution in [0.15, 0.2) is 63.9 Å². The first-order chi connectivity index (χ1) is 16.4. The van der Waals surface area contributed by atoms with E-state index in [4.69, 9.17) is 9.52 Å². The number of carboxylic acids is 1. The summed E-state index contributed by atoms with van der Waals surface area (Å²) in [7, 11) is 0. The van der Waals surface area contributed by atoms with Gasteiger partial charge in [0.25, 0.3) is 0 Å². The van der Waals surface area contributed by atoms with Crippen molar-refractivity contribution in [1.82, 2.24) is 4.98 Å². The van der Waals surface area contributed by atoms with Crippen LogP contribution in [0.5, 0.6) is 0 Å². The van der Waals surface area contributed by atoms with Crippen LogP contribution in [-0.2, 0) is 16.0 Å². The molecular formula is C27H26F3NO3S. The van der Waals surface area contributed by atoms with Gasteiger partial charge in [-0.15, -0.1) is 11.8 Å². The smallest absolute Gasteiger partial charge is 0.395 e. The van der Waals surface area contributed by atoms with Gasteiger partial charge in [0.2, 0.25) is 5.89 Å². The molecule has 0 saturated heterocycles. The van der Waals surface area contributed by atoms with Crippen LogP contribution in [0.25, 0.3) is 16.7 Å². The summed E-state index contributed by atoms with van der Waals surface area (Å²) >= 11 is 1.65. The van der Waals surface area contributed by atoms with Crippen molar-refractivity contribution in [2.24, 2.45) is 5.92 Å². The normalized spacial score (nSPS) is 16.5.